The van der Waals surface area contributed by atoms with Gasteiger partial charge in [-0.15, -0.1) is 0 Å². The summed E-state index contributed by atoms with van der Waals surface area (Å²) in [5, 5.41) is 1.67. The monoisotopic (exact) mass is 233 g/mol. The lowest BCUT2D eigenvalue weighted by Crippen LogP contribution is -2.44. The Bertz CT molecular complexity index is 407. The van der Waals surface area contributed by atoms with E-state index in [1.807, 2.05) is 35.2 Å². The Morgan fingerprint density at radius 3 is 2.82 bits per heavy atom. The highest BCUT2D eigenvalue weighted by Gasteiger charge is 2.34. The van der Waals surface area contributed by atoms with Crippen LogP contribution in [-0.2, 0) is 16.1 Å². The molecule has 1 aliphatic rings. The number of nitrogens with one attached hydrogen (secondary N) is 1. The van der Waals surface area contributed by atoms with Gasteiger partial charge in [-0.1, -0.05) is 30.3 Å². The minimum atomic E-state index is -0.507. The zero-order valence-corrected chi connectivity index (χ0v) is 9.67. The number of nitrogens with zero attached hydrogens (tertiary/aromatic N) is 2. The van der Waals surface area contributed by atoms with Gasteiger partial charge >= 0.3 is 0 Å². The largest absolute Gasteiger partial charge is 0.294 e. The maximum Gasteiger partial charge on any atom is 0.228 e. The normalized spacial score (nSPS) is 21.6. The van der Waals surface area contributed by atoms with E-state index in [1.54, 1.807) is 12.1 Å². The molecule has 17 heavy (non-hydrogen) atoms. The van der Waals surface area contributed by atoms with Crippen molar-refractivity contribution in [3.63, 3.8) is 0 Å². The third-order valence-electron chi connectivity index (χ3n) is 2.84. The number of carbonyl (C=O) groups excluding carboxylic acids is 2. The van der Waals surface area contributed by atoms with Crippen LogP contribution in [0.5, 0.6) is 0 Å². The highest BCUT2D eigenvalue weighted by atomic mass is 16.2. The van der Waals surface area contributed by atoms with Gasteiger partial charge in [-0.25, -0.2) is 10.4 Å². The molecule has 1 atom stereocenters. The molecule has 0 radical (unpaired) electrons. The minimum absolute atomic E-state index is 0.381. The van der Waals surface area contributed by atoms with Crippen molar-refractivity contribution in [1.29, 1.82) is 0 Å². The van der Waals surface area contributed by atoms with E-state index in [2.05, 4.69) is 5.43 Å². The molecule has 1 aromatic carbocycles. The van der Waals surface area contributed by atoms with Gasteiger partial charge in [0.2, 0.25) is 5.78 Å². The van der Waals surface area contributed by atoms with E-state index in [0.29, 0.717) is 19.5 Å². The summed E-state index contributed by atoms with van der Waals surface area (Å²) in [6.07, 6.45) is -0.126. The van der Waals surface area contributed by atoms with E-state index in [1.165, 1.54) is 0 Å². The van der Waals surface area contributed by atoms with Crippen molar-refractivity contribution in [2.75, 3.05) is 13.7 Å². The molecule has 2 rings (SSSR count). The predicted molar refractivity (Wildman–Crippen MR) is 62.6 cm³/mol. The first kappa shape index (κ1) is 11.9. The van der Waals surface area contributed by atoms with Crippen molar-refractivity contribution >= 4 is 12.1 Å². The number of benzene rings is 1. The predicted octanol–water partition coefficient (Wildman–Crippen LogP) is -0.00980. The van der Waals surface area contributed by atoms with Gasteiger partial charge in [0.15, 0.2) is 6.29 Å². The minimum Gasteiger partial charge on any atom is -0.294 e. The summed E-state index contributed by atoms with van der Waals surface area (Å²) in [4.78, 5) is 24.1. The second kappa shape index (κ2) is 5.18. The summed E-state index contributed by atoms with van der Waals surface area (Å²) in [5.41, 5.74) is 4.15. The number of hydrogen-bond donors (Lipinski definition) is 1. The quantitative estimate of drug-likeness (QED) is 0.585. The smallest absolute Gasteiger partial charge is 0.228 e. The highest BCUT2D eigenvalue weighted by Crippen LogP contribution is 2.13. The van der Waals surface area contributed by atoms with E-state index < -0.39 is 11.9 Å². The topological polar surface area (TPSA) is 52.6 Å². The maximum absolute atomic E-state index is 11.5. The zero-order valence-electron chi connectivity index (χ0n) is 9.67. The molecule has 1 saturated heterocycles. The average molecular weight is 233 g/mol. The number of Topliss-reactive ketones (excluding diaryl/α,β-unsaturated/α-hetero) is 1. The van der Waals surface area contributed by atoms with Crippen molar-refractivity contribution in [2.45, 2.75) is 12.7 Å². The summed E-state index contributed by atoms with van der Waals surface area (Å²) in [7, 11) is 1.76. The second-order valence-corrected chi connectivity index (χ2v) is 4.05. The third kappa shape index (κ3) is 2.58. The van der Waals surface area contributed by atoms with Crippen LogP contribution < -0.4 is 5.43 Å². The van der Waals surface area contributed by atoms with E-state index in [9.17, 15) is 9.59 Å². The Balaban J connectivity index is 2.10. The molecule has 1 fully saturated rings. The van der Waals surface area contributed by atoms with E-state index in [4.69, 9.17) is 0 Å². The van der Waals surface area contributed by atoms with Crippen molar-refractivity contribution in [3.8, 4) is 0 Å². The fourth-order valence-electron chi connectivity index (χ4n) is 2.01. The Morgan fingerprint density at radius 2 is 2.18 bits per heavy atom. The zero-order chi connectivity index (χ0) is 12.3. The molecule has 5 heteroatoms. The first-order chi connectivity index (χ1) is 8.22. The van der Waals surface area contributed by atoms with Gasteiger partial charge in [-0.3, -0.25) is 14.5 Å². The Kier molecular flexibility index (Phi) is 3.63. The van der Waals surface area contributed by atoms with Crippen molar-refractivity contribution < 1.29 is 9.59 Å². The standard InChI is InChI=1S/C12H15N3O2/c1-14-12(11(17)8-16)15(9-13-14)7-10-5-3-2-4-6-10/h2-6,8,12-13H,7,9H2,1H3. The van der Waals surface area contributed by atoms with Crippen LogP contribution in [0.1, 0.15) is 5.56 Å². The van der Waals surface area contributed by atoms with E-state index >= 15 is 0 Å². The molecule has 1 aliphatic heterocycles. The van der Waals surface area contributed by atoms with Crippen LogP contribution in [0.2, 0.25) is 0 Å². The van der Waals surface area contributed by atoms with Gasteiger partial charge in [0.25, 0.3) is 0 Å². The number of ketones is 1. The van der Waals surface area contributed by atoms with Gasteiger partial charge in [-0.05, 0) is 5.56 Å². The summed E-state index contributed by atoms with van der Waals surface area (Å²) >= 11 is 0. The molecule has 1 N–H and O–H groups in total. The SMILES string of the molecule is CN1NCN(Cc2ccccc2)C1C(=O)C=O. The van der Waals surface area contributed by atoms with Gasteiger partial charge in [0, 0.05) is 13.6 Å². The lowest BCUT2D eigenvalue weighted by atomic mass is 10.2. The Morgan fingerprint density at radius 1 is 1.47 bits per heavy atom. The molecular weight excluding hydrogens is 218 g/mol. The molecule has 90 valence electrons. The van der Waals surface area contributed by atoms with Crippen molar-refractivity contribution in [2.24, 2.45) is 0 Å². The molecule has 5 nitrogen and oxygen atoms in total. The van der Waals surface area contributed by atoms with Crippen LogP contribution in [0.15, 0.2) is 30.3 Å². The van der Waals surface area contributed by atoms with E-state index in [-0.39, 0.29) is 0 Å². The number of rotatable bonds is 4. The molecule has 1 heterocycles. The Hall–Kier alpha value is -1.56. The lowest BCUT2D eigenvalue weighted by molar-refractivity contribution is -0.136. The number of carbonyl (C=O) groups is 2. The third-order valence-corrected chi connectivity index (χ3v) is 2.84. The lowest BCUT2D eigenvalue weighted by Gasteiger charge is -2.23. The average Bonchev–Trinajstić information content (AvgIpc) is 2.71. The second-order valence-electron chi connectivity index (χ2n) is 4.05. The van der Waals surface area contributed by atoms with Crippen LogP contribution in [0.4, 0.5) is 0 Å². The summed E-state index contributed by atoms with van der Waals surface area (Å²) in [6.45, 7) is 1.21. The maximum atomic E-state index is 11.5. The molecule has 0 aliphatic carbocycles. The van der Waals surface area contributed by atoms with Crippen LogP contribution in [-0.4, -0.2) is 41.9 Å². The molecule has 0 saturated carbocycles. The molecule has 0 spiro atoms. The molecular formula is C12H15N3O2. The Labute approximate surface area is 100.0 Å². The van der Waals surface area contributed by atoms with Crippen LogP contribution in [0.25, 0.3) is 0 Å². The van der Waals surface area contributed by atoms with Crippen LogP contribution in [0.3, 0.4) is 0 Å². The fraction of sp³-hybridized carbons (Fsp3) is 0.333. The number of likely N-dealkylation sites (N-methyl/N-ethyl adjacent to an activating group) is 1. The number of aldehydes is 1. The van der Waals surface area contributed by atoms with Crippen LogP contribution in [0, 0.1) is 0 Å². The van der Waals surface area contributed by atoms with Crippen molar-refractivity contribution in [3.05, 3.63) is 35.9 Å². The summed E-state index contributed by atoms with van der Waals surface area (Å²) < 4.78 is 0. The molecule has 0 amide bonds. The first-order valence-corrected chi connectivity index (χ1v) is 5.45. The highest BCUT2D eigenvalue weighted by molar-refractivity contribution is 6.27. The van der Waals surface area contributed by atoms with Gasteiger partial charge in [0.05, 0.1) is 6.67 Å². The van der Waals surface area contributed by atoms with E-state index in [0.717, 1.165) is 5.56 Å². The summed E-state index contributed by atoms with van der Waals surface area (Å²) in [5.74, 6) is -0.423. The number of hydrogen-bond acceptors (Lipinski definition) is 5. The first-order valence-electron chi connectivity index (χ1n) is 5.45. The van der Waals surface area contributed by atoms with Gasteiger partial charge < -0.3 is 0 Å². The summed E-state index contributed by atoms with van der Waals surface area (Å²) in [6, 6.07) is 9.87. The molecule has 1 aromatic rings. The van der Waals surface area contributed by atoms with Gasteiger partial charge in [0.1, 0.15) is 6.17 Å². The molecule has 0 aromatic heterocycles. The van der Waals surface area contributed by atoms with Gasteiger partial charge in [-0.2, -0.15) is 0 Å². The fourth-order valence-corrected chi connectivity index (χ4v) is 2.01. The van der Waals surface area contributed by atoms with Crippen LogP contribution >= 0.6 is 0 Å². The number of hydrazine groups is 1. The molecule has 0 bridgehead atoms. The van der Waals surface area contributed by atoms with Crippen molar-refractivity contribution in [1.82, 2.24) is 15.3 Å². The molecule has 1 unspecified atom stereocenters.